The number of rotatable bonds is 0. The van der Waals surface area contributed by atoms with Crippen molar-refractivity contribution >= 4 is 0 Å². The van der Waals surface area contributed by atoms with Crippen molar-refractivity contribution in [2.45, 2.75) is 12.8 Å². The van der Waals surface area contributed by atoms with Crippen LogP contribution in [-0.2, 0) is 0 Å². The quantitative estimate of drug-likeness (QED) is 0.415. The summed E-state index contributed by atoms with van der Waals surface area (Å²) in [4.78, 5) is 0. The maximum absolute atomic E-state index is 2.35. The fourth-order valence-corrected chi connectivity index (χ4v) is 1.26. The first-order valence-corrected chi connectivity index (χ1v) is 3.30. The van der Waals surface area contributed by atoms with Gasteiger partial charge in [0.05, 0.1) is 0 Å². The molecule has 42 valence electrons. The van der Waals surface area contributed by atoms with Gasteiger partial charge >= 0.3 is 0 Å². The SMILES string of the molecule is C1=CC2CC2C=CC1. The van der Waals surface area contributed by atoms with Gasteiger partial charge in [-0.1, -0.05) is 24.3 Å². The minimum absolute atomic E-state index is 0.925. The third kappa shape index (κ3) is 0.605. The molecule has 0 aromatic heterocycles. The Labute approximate surface area is 49.9 Å². The maximum Gasteiger partial charge on any atom is -0.0164 e. The van der Waals surface area contributed by atoms with Crippen molar-refractivity contribution in [3.63, 3.8) is 0 Å². The van der Waals surface area contributed by atoms with E-state index in [2.05, 4.69) is 24.3 Å². The zero-order valence-corrected chi connectivity index (χ0v) is 4.88. The molecule has 1 fully saturated rings. The van der Waals surface area contributed by atoms with Gasteiger partial charge in [-0.25, -0.2) is 0 Å². The molecule has 0 nitrogen and oxygen atoms in total. The predicted molar refractivity (Wildman–Crippen MR) is 34.5 cm³/mol. The van der Waals surface area contributed by atoms with Crippen LogP contribution in [0.1, 0.15) is 12.8 Å². The lowest BCUT2D eigenvalue weighted by atomic mass is 10.3. The zero-order chi connectivity index (χ0) is 5.40. The van der Waals surface area contributed by atoms with Crippen LogP contribution in [0.2, 0.25) is 0 Å². The molecule has 0 bridgehead atoms. The molecule has 0 spiro atoms. The van der Waals surface area contributed by atoms with Crippen LogP contribution >= 0.6 is 0 Å². The van der Waals surface area contributed by atoms with Gasteiger partial charge in [-0.2, -0.15) is 0 Å². The highest BCUT2D eigenvalue weighted by molar-refractivity contribution is 5.15. The predicted octanol–water partition coefficient (Wildman–Crippen LogP) is 2.14. The third-order valence-corrected chi connectivity index (χ3v) is 1.93. The van der Waals surface area contributed by atoms with Crippen molar-refractivity contribution in [3.05, 3.63) is 24.3 Å². The maximum atomic E-state index is 2.35. The monoisotopic (exact) mass is 106 g/mol. The molecule has 8 heavy (non-hydrogen) atoms. The van der Waals surface area contributed by atoms with E-state index in [0.29, 0.717) is 0 Å². The molecule has 0 amide bonds. The van der Waals surface area contributed by atoms with Crippen molar-refractivity contribution < 1.29 is 0 Å². The Morgan fingerprint density at radius 1 is 1.00 bits per heavy atom. The topological polar surface area (TPSA) is 0 Å². The first-order valence-electron chi connectivity index (χ1n) is 3.30. The van der Waals surface area contributed by atoms with Gasteiger partial charge < -0.3 is 0 Å². The molecule has 2 atom stereocenters. The lowest BCUT2D eigenvalue weighted by Crippen LogP contribution is -1.65. The summed E-state index contributed by atoms with van der Waals surface area (Å²) in [5.74, 6) is 1.85. The fraction of sp³-hybridized carbons (Fsp3) is 0.500. The van der Waals surface area contributed by atoms with Crippen LogP contribution in [0.15, 0.2) is 24.3 Å². The summed E-state index contributed by atoms with van der Waals surface area (Å²) in [5.41, 5.74) is 0. The molecule has 0 N–H and O–H groups in total. The Morgan fingerprint density at radius 3 is 2.25 bits per heavy atom. The van der Waals surface area contributed by atoms with Gasteiger partial charge in [0.15, 0.2) is 0 Å². The summed E-state index contributed by atoms with van der Waals surface area (Å²) in [6.07, 6.45) is 11.8. The molecule has 0 aromatic carbocycles. The molecule has 0 saturated heterocycles. The van der Waals surface area contributed by atoms with Crippen LogP contribution in [0.3, 0.4) is 0 Å². The van der Waals surface area contributed by atoms with Gasteiger partial charge in [-0.15, -0.1) is 0 Å². The van der Waals surface area contributed by atoms with Gasteiger partial charge in [0.25, 0.3) is 0 Å². The summed E-state index contributed by atoms with van der Waals surface area (Å²) in [6, 6.07) is 0. The number of hydrogen-bond donors (Lipinski definition) is 0. The van der Waals surface area contributed by atoms with Gasteiger partial charge in [0, 0.05) is 0 Å². The van der Waals surface area contributed by atoms with Gasteiger partial charge in [-0.3, -0.25) is 0 Å². The van der Waals surface area contributed by atoms with E-state index in [9.17, 15) is 0 Å². The van der Waals surface area contributed by atoms with Crippen molar-refractivity contribution in [1.82, 2.24) is 0 Å². The molecule has 2 aliphatic rings. The summed E-state index contributed by atoms with van der Waals surface area (Å²) in [7, 11) is 0. The Morgan fingerprint density at radius 2 is 1.62 bits per heavy atom. The van der Waals surface area contributed by atoms with Crippen molar-refractivity contribution in [3.8, 4) is 0 Å². The van der Waals surface area contributed by atoms with Gasteiger partial charge in [0.2, 0.25) is 0 Å². The molecule has 2 rings (SSSR count). The Kier molecular flexibility index (Phi) is 0.806. The molecule has 2 unspecified atom stereocenters. The van der Waals surface area contributed by atoms with E-state index >= 15 is 0 Å². The van der Waals surface area contributed by atoms with Crippen LogP contribution in [0.25, 0.3) is 0 Å². The van der Waals surface area contributed by atoms with Crippen molar-refractivity contribution in [2.24, 2.45) is 11.8 Å². The largest absolute Gasteiger partial charge is 0.0845 e. The van der Waals surface area contributed by atoms with Crippen molar-refractivity contribution in [1.29, 1.82) is 0 Å². The van der Waals surface area contributed by atoms with E-state index in [1.54, 1.807) is 0 Å². The van der Waals surface area contributed by atoms with E-state index in [0.717, 1.165) is 18.3 Å². The molecule has 1 saturated carbocycles. The molecule has 2 aliphatic carbocycles. The first-order chi connectivity index (χ1) is 3.97. The zero-order valence-electron chi connectivity index (χ0n) is 4.88. The number of allylic oxidation sites excluding steroid dienone is 4. The Balaban J connectivity index is 2.17. The van der Waals surface area contributed by atoms with Crippen molar-refractivity contribution in [2.75, 3.05) is 0 Å². The van der Waals surface area contributed by atoms with Crippen LogP contribution < -0.4 is 0 Å². The standard InChI is InChI=1S/C8H10/c1-2-4-7-6-8(7)5-3-1/h2-5,7-8H,1,6H2. The minimum atomic E-state index is 0.925. The average Bonchev–Trinajstić information content (AvgIpc) is 2.36. The number of fused-ring (bicyclic) bond motifs is 1. The highest BCUT2D eigenvalue weighted by atomic mass is 14.4. The van der Waals surface area contributed by atoms with Crippen LogP contribution in [-0.4, -0.2) is 0 Å². The smallest absolute Gasteiger partial charge is 0.0164 e. The number of hydrogen-bond acceptors (Lipinski definition) is 0. The van der Waals surface area contributed by atoms with E-state index in [1.807, 2.05) is 0 Å². The van der Waals surface area contributed by atoms with Gasteiger partial charge in [0.1, 0.15) is 0 Å². The Bertz CT molecular complexity index is 126. The van der Waals surface area contributed by atoms with E-state index in [4.69, 9.17) is 0 Å². The molecular formula is C8H10. The highest BCUT2D eigenvalue weighted by Crippen LogP contribution is 2.41. The van der Waals surface area contributed by atoms with Crippen LogP contribution in [0, 0.1) is 11.8 Å². The average molecular weight is 106 g/mol. The minimum Gasteiger partial charge on any atom is -0.0845 e. The Hall–Kier alpha value is -0.520. The second-order valence-electron chi connectivity index (χ2n) is 2.66. The second-order valence-corrected chi connectivity index (χ2v) is 2.66. The molecule has 0 heterocycles. The molecule has 0 radical (unpaired) electrons. The van der Waals surface area contributed by atoms with E-state index in [1.165, 1.54) is 6.42 Å². The summed E-state index contributed by atoms with van der Waals surface area (Å²) in [5, 5.41) is 0. The normalized spacial score (nSPS) is 41.0. The van der Waals surface area contributed by atoms with E-state index in [-0.39, 0.29) is 0 Å². The lowest BCUT2D eigenvalue weighted by Gasteiger charge is -1.75. The molecule has 0 aliphatic heterocycles. The molecular weight excluding hydrogens is 96.1 g/mol. The highest BCUT2D eigenvalue weighted by Gasteiger charge is 2.32. The first kappa shape index (κ1) is 4.37. The third-order valence-electron chi connectivity index (χ3n) is 1.93. The van der Waals surface area contributed by atoms with E-state index < -0.39 is 0 Å². The molecule has 0 aromatic rings. The summed E-state index contributed by atoms with van der Waals surface area (Å²) >= 11 is 0. The fourth-order valence-electron chi connectivity index (χ4n) is 1.26. The van der Waals surface area contributed by atoms with Gasteiger partial charge in [-0.05, 0) is 24.7 Å². The lowest BCUT2D eigenvalue weighted by molar-refractivity contribution is 1.00. The van der Waals surface area contributed by atoms with Crippen LogP contribution in [0.4, 0.5) is 0 Å². The summed E-state index contributed by atoms with van der Waals surface area (Å²) in [6.45, 7) is 0. The van der Waals surface area contributed by atoms with Crippen LogP contribution in [0.5, 0.6) is 0 Å². The summed E-state index contributed by atoms with van der Waals surface area (Å²) < 4.78 is 0. The second kappa shape index (κ2) is 1.48. The molecule has 0 heteroatoms.